The summed E-state index contributed by atoms with van der Waals surface area (Å²) in [5.74, 6) is 0.257. The molecule has 1 aromatic rings. The van der Waals surface area contributed by atoms with Crippen molar-refractivity contribution < 1.29 is 14.3 Å². The van der Waals surface area contributed by atoms with Gasteiger partial charge in [-0.25, -0.2) is 4.98 Å². The molecule has 1 amide bonds. The van der Waals surface area contributed by atoms with Gasteiger partial charge in [0.15, 0.2) is 5.69 Å². The van der Waals surface area contributed by atoms with Gasteiger partial charge in [-0.2, -0.15) is 0 Å². The van der Waals surface area contributed by atoms with Crippen LogP contribution in [-0.4, -0.2) is 40.1 Å². The van der Waals surface area contributed by atoms with Crippen molar-refractivity contribution in [3.05, 3.63) is 17.8 Å². The number of likely N-dealkylation sites (tertiary alicyclic amines) is 1. The molecule has 2 aliphatic rings. The smallest absolute Gasteiger partial charge is 0.275 e. The molecule has 2 heterocycles. The second-order valence-electron chi connectivity index (χ2n) is 5.93. The summed E-state index contributed by atoms with van der Waals surface area (Å²) in [5.41, 5.74) is 5.65. The van der Waals surface area contributed by atoms with Crippen LogP contribution in [0.4, 0.5) is 0 Å². The third kappa shape index (κ3) is 2.93. The number of nitrogens with two attached hydrogens (primary N) is 1. The van der Waals surface area contributed by atoms with Gasteiger partial charge in [0.1, 0.15) is 6.26 Å². The standard InChI is InChI=1S/C14H21N3O3.ClH/c15-7-12-16-10(8-20-12)13(19)17-6-2-5-14(9-17)4-1-3-11(14)18;/h8,11,18H,1-7,9,15H2;1H/t11-,14-;/m1./s1. The van der Waals surface area contributed by atoms with Crippen molar-refractivity contribution >= 4 is 18.3 Å². The maximum atomic E-state index is 12.5. The van der Waals surface area contributed by atoms with E-state index in [-0.39, 0.29) is 36.4 Å². The Bertz CT molecular complexity index is 507. The number of halogens is 1. The predicted octanol–water partition coefficient (Wildman–Crippen LogP) is 1.32. The summed E-state index contributed by atoms with van der Waals surface area (Å²) in [6.07, 6.45) is 5.93. The van der Waals surface area contributed by atoms with Crippen molar-refractivity contribution in [2.24, 2.45) is 11.1 Å². The van der Waals surface area contributed by atoms with E-state index in [1.165, 1.54) is 6.26 Å². The monoisotopic (exact) mass is 315 g/mol. The number of rotatable bonds is 2. The second kappa shape index (κ2) is 6.34. The van der Waals surface area contributed by atoms with Crippen LogP contribution in [0.2, 0.25) is 0 Å². The molecular weight excluding hydrogens is 294 g/mol. The van der Waals surface area contributed by atoms with E-state index < -0.39 is 0 Å². The van der Waals surface area contributed by atoms with Gasteiger partial charge >= 0.3 is 0 Å². The van der Waals surface area contributed by atoms with Gasteiger partial charge in [0.05, 0.1) is 12.6 Å². The van der Waals surface area contributed by atoms with Crippen molar-refractivity contribution in [2.75, 3.05) is 13.1 Å². The lowest BCUT2D eigenvalue weighted by molar-refractivity contribution is -0.00555. The highest BCUT2D eigenvalue weighted by Crippen LogP contribution is 2.45. The minimum absolute atomic E-state index is 0. The minimum atomic E-state index is -0.282. The number of amides is 1. The fourth-order valence-corrected chi connectivity index (χ4v) is 3.59. The van der Waals surface area contributed by atoms with E-state index >= 15 is 0 Å². The van der Waals surface area contributed by atoms with Crippen LogP contribution in [0, 0.1) is 5.41 Å². The summed E-state index contributed by atoms with van der Waals surface area (Å²) in [6.45, 7) is 1.53. The van der Waals surface area contributed by atoms with Crippen LogP contribution in [0.15, 0.2) is 10.7 Å². The van der Waals surface area contributed by atoms with Crippen LogP contribution in [0.3, 0.4) is 0 Å². The summed E-state index contributed by atoms with van der Waals surface area (Å²) >= 11 is 0. The molecule has 0 aromatic carbocycles. The average Bonchev–Trinajstić information content (AvgIpc) is 3.07. The molecule has 0 radical (unpaired) electrons. The van der Waals surface area contributed by atoms with Gasteiger partial charge < -0.3 is 20.2 Å². The highest BCUT2D eigenvalue weighted by molar-refractivity contribution is 5.92. The Kier molecular flexibility index (Phi) is 4.91. The van der Waals surface area contributed by atoms with Gasteiger partial charge in [0.25, 0.3) is 5.91 Å². The maximum absolute atomic E-state index is 12.5. The number of hydrogen-bond acceptors (Lipinski definition) is 5. The van der Waals surface area contributed by atoms with Gasteiger partial charge in [-0.3, -0.25) is 4.79 Å². The lowest BCUT2D eigenvalue weighted by Crippen LogP contribution is -2.49. The number of nitrogens with zero attached hydrogens (tertiary/aromatic N) is 2. The number of carbonyl (C=O) groups is 1. The van der Waals surface area contributed by atoms with Gasteiger partial charge in [-0.1, -0.05) is 6.42 Å². The normalized spacial score (nSPS) is 28.7. The maximum Gasteiger partial charge on any atom is 0.275 e. The number of carbonyl (C=O) groups excluding carboxylic acids is 1. The van der Waals surface area contributed by atoms with Crippen LogP contribution in [0.25, 0.3) is 0 Å². The Morgan fingerprint density at radius 2 is 2.29 bits per heavy atom. The number of oxazole rings is 1. The summed E-state index contributed by atoms with van der Waals surface area (Å²) in [4.78, 5) is 18.4. The lowest BCUT2D eigenvalue weighted by atomic mass is 9.76. The molecule has 118 valence electrons. The Hall–Kier alpha value is -1.11. The molecular formula is C14H22ClN3O3. The molecule has 1 spiro atoms. The summed E-state index contributed by atoms with van der Waals surface area (Å²) < 4.78 is 5.13. The molecule has 6 nitrogen and oxygen atoms in total. The van der Waals surface area contributed by atoms with Crippen molar-refractivity contribution in [3.63, 3.8) is 0 Å². The zero-order valence-corrected chi connectivity index (χ0v) is 12.8. The molecule has 3 N–H and O–H groups in total. The summed E-state index contributed by atoms with van der Waals surface area (Å²) in [7, 11) is 0. The summed E-state index contributed by atoms with van der Waals surface area (Å²) in [5, 5.41) is 10.2. The van der Waals surface area contributed by atoms with Crippen molar-refractivity contribution in [3.8, 4) is 0 Å². The van der Waals surface area contributed by atoms with E-state index in [4.69, 9.17) is 10.2 Å². The second-order valence-corrected chi connectivity index (χ2v) is 5.93. The van der Waals surface area contributed by atoms with Gasteiger partial charge in [0, 0.05) is 18.5 Å². The van der Waals surface area contributed by atoms with Gasteiger partial charge in [0.2, 0.25) is 5.89 Å². The molecule has 1 saturated heterocycles. The molecule has 1 aliphatic heterocycles. The third-order valence-electron chi connectivity index (χ3n) is 4.70. The average molecular weight is 316 g/mol. The van der Waals surface area contributed by atoms with E-state index in [0.29, 0.717) is 18.1 Å². The van der Waals surface area contributed by atoms with Crippen LogP contribution >= 0.6 is 12.4 Å². The van der Waals surface area contributed by atoms with Crippen LogP contribution in [-0.2, 0) is 6.54 Å². The van der Waals surface area contributed by atoms with E-state index in [2.05, 4.69) is 4.98 Å². The summed E-state index contributed by atoms with van der Waals surface area (Å²) in [6, 6.07) is 0. The molecule has 21 heavy (non-hydrogen) atoms. The molecule has 2 fully saturated rings. The van der Waals surface area contributed by atoms with Crippen LogP contribution in [0.5, 0.6) is 0 Å². The molecule has 0 unspecified atom stereocenters. The third-order valence-corrected chi connectivity index (χ3v) is 4.70. The van der Waals surface area contributed by atoms with E-state index in [0.717, 1.165) is 38.6 Å². The Morgan fingerprint density at radius 1 is 1.52 bits per heavy atom. The Labute approximate surface area is 130 Å². The minimum Gasteiger partial charge on any atom is -0.447 e. The van der Waals surface area contributed by atoms with E-state index in [9.17, 15) is 9.90 Å². The predicted molar refractivity (Wildman–Crippen MR) is 79.1 cm³/mol. The van der Waals surface area contributed by atoms with Gasteiger partial charge in [-0.15, -0.1) is 12.4 Å². The Balaban J connectivity index is 0.00000161. The molecule has 2 atom stereocenters. The fraction of sp³-hybridized carbons (Fsp3) is 0.714. The quantitative estimate of drug-likeness (QED) is 0.858. The largest absolute Gasteiger partial charge is 0.447 e. The van der Waals surface area contributed by atoms with E-state index in [1.807, 2.05) is 0 Å². The molecule has 1 saturated carbocycles. The van der Waals surface area contributed by atoms with Gasteiger partial charge in [-0.05, 0) is 25.7 Å². The first-order valence-electron chi connectivity index (χ1n) is 7.26. The highest BCUT2D eigenvalue weighted by atomic mass is 35.5. The molecule has 1 aromatic heterocycles. The topological polar surface area (TPSA) is 92.6 Å². The number of aliphatic hydroxyl groups excluding tert-OH is 1. The number of aromatic nitrogens is 1. The lowest BCUT2D eigenvalue weighted by Gasteiger charge is -2.42. The first-order valence-corrected chi connectivity index (χ1v) is 7.26. The first-order chi connectivity index (χ1) is 9.64. The molecule has 7 heteroatoms. The Morgan fingerprint density at radius 3 is 2.90 bits per heavy atom. The SMILES string of the molecule is Cl.NCc1nc(C(=O)N2CCC[C@]3(CCC[C@H]3O)C2)co1. The zero-order chi connectivity index (χ0) is 14.2. The number of hydrogen-bond donors (Lipinski definition) is 2. The molecule has 1 aliphatic carbocycles. The van der Waals surface area contributed by atoms with Crippen molar-refractivity contribution in [1.82, 2.24) is 9.88 Å². The van der Waals surface area contributed by atoms with Crippen LogP contribution < -0.4 is 5.73 Å². The number of piperidine rings is 1. The zero-order valence-electron chi connectivity index (χ0n) is 12.0. The highest BCUT2D eigenvalue weighted by Gasteiger charge is 2.45. The van der Waals surface area contributed by atoms with E-state index in [1.54, 1.807) is 4.90 Å². The fourth-order valence-electron chi connectivity index (χ4n) is 3.59. The molecule has 0 bridgehead atoms. The van der Waals surface area contributed by atoms with Crippen LogP contribution in [0.1, 0.15) is 48.5 Å². The van der Waals surface area contributed by atoms with Crippen molar-refractivity contribution in [2.45, 2.75) is 44.8 Å². The molecule has 3 rings (SSSR count). The van der Waals surface area contributed by atoms with Crippen molar-refractivity contribution in [1.29, 1.82) is 0 Å². The number of aliphatic hydroxyl groups is 1. The first kappa shape index (κ1) is 16.3.